The molecule has 3 nitrogen and oxygen atoms in total. The monoisotopic (exact) mass is 563 g/mol. The van der Waals surface area contributed by atoms with E-state index >= 15 is 0 Å². The molecule has 3 aliphatic rings. The van der Waals surface area contributed by atoms with E-state index in [0.29, 0.717) is 5.56 Å². The van der Waals surface area contributed by atoms with Crippen molar-refractivity contribution in [2.75, 3.05) is 7.11 Å². The fraction of sp³-hybridized carbons (Fsp3) is 0.275. The molecule has 214 valence electrons. The van der Waals surface area contributed by atoms with Crippen molar-refractivity contribution in [1.29, 1.82) is 5.26 Å². The number of nitrogens with zero attached hydrogens (tertiary/aromatic N) is 1. The second-order valence-electron chi connectivity index (χ2n) is 13.6. The summed E-state index contributed by atoms with van der Waals surface area (Å²) in [5.41, 5.74) is 9.59. The molecular formula is C40H37NO2. The van der Waals surface area contributed by atoms with E-state index in [-0.39, 0.29) is 10.8 Å². The van der Waals surface area contributed by atoms with Gasteiger partial charge < -0.3 is 9.47 Å². The highest BCUT2D eigenvalue weighted by molar-refractivity contribution is 6.08. The molecule has 1 unspecified atom stereocenters. The fourth-order valence-electron chi connectivity index (χ4n) is 7.43. The van der Waals surface area contributed by atoms with Crippen LogP contribution in [0.3, 0.4) is 0 Å². The Balaban J connectivity index is 1.49. The maximum atomic E-state index is 9.70. The molecule has 7 rings (SSSR count). The van der Waals surface area contributed by atoms with Crippen molar-refractivity contribution in [3.8, 4) is 28.7 Å². The van der Waals surface area contributed by atoms with Gasteiger partial charge in [-0.1, -0.05) is 101 Å². The van der Waals surface area contributed by atoms with Gasteiger partial charge in [0.25, 0.3) is 0 Å². The van der Waals surface area contributed by atoms with Crippen molar-refractivity contribution >= 4 is 16.8 Å². The van der Waals surface area contributed by atoms with Crippen LogP contribution in [-0.2, 0) is 11.0 Å². The summed E-state index contributed by atoms with van der Waals surface area (Å²) < 4.78 is 13.0. The van der Waals surface area contributed by atoms with Crippen LogP contribution in [0, 0.1) is 16.7 Å². The Bertz CT molecular complexity index is 1940. The lowest BCUT2D eigenvalue weighted by atomic mass is 9.73. The number of hydrogen-bond donors (Lipinski definition) is 0. The predicted molar refractivity (Wildman–Crippen MR) is 175 cm³/mol. The molecule has 0 radical (unpaired) electrons. The van der Waals surface area contributed by atoms with Crippen LogP contribution in [0.4, 0.5) is 0 Å². The van der Waals surface area contributed by atoms with E-state index in [0.717, 1.165) is 40.9 Å². The van der Waals surface area contributed by atoms with Crippen LogP contribution in [0.1, 0.15) is 75.3 Å². The molecule has 1 heterocycles. The van der Waals surface area contributed by atoms with Gasteiger partial charge in [0, 0.05) is 21.9 Å². The Morgan fingerprint density at radius 3 is 2.30 bits per heavy atom. The van der Waals surface area contributed by atoms with E-state index in [2.05, 4.69) is 114 Å². The number of hydrogen-bond acceptors (Lipinski definition) is 3. The van der Waals surface area contributed by atoms with E-state index in [1.54, 1.807) is 7.11 Å². The summed E-state index contributed by atoms with van der Waals surface area (Å²) in [4.78, 5) is 0. The molecule has 4 aromatic rings. The molecule has 0 saturated heterocycles. The summed E-state index contributed by atoms with van der Waals surface area (Å²) in [6.07, 6.45) is 11.1. The predicted octanol–water partition coefficient (Wildman–Crippen LogP) is 10.0. The van der Waals surface area contributed by atoms with Crippen molar-refractivity contribution in [2.45, 2.75) is 58.5 Å². The molecule has 0 fully saturated rings. The highest BCUT2D eigenvalue weighted by Crippen LogP contribution is 2.58. The molecule has 0 amide bonds. The summed E-state index contributed by atoms with van der Waals surface area (Å²) >= 11 is 0. The van der Waals surface area contributed by atoms with Crippen LogP contribution < -0.4 is 9.47 Å². The minimum atomic E-state index is -0.750. The molecule has 0 N–H and O–H groups in total. The highest BCUT2D eigenvalue weighted by Gasteiger charge is 2.45. The van der Waals surface area contributed by atoms with E-state index < -0.39 is 5.60 Å². The maximum Gasteiger partial charge on any atom is 0.174 e. The Morgan fingerprint density at radius 1 is 0.907 bits per heavy atom. The van der Waals surface area contributed by atoms with Crippen molar-refractivity contribution in [3.63, 3.8) is 0 Å². The number of allylic oxidation sites excluding steroid dienone is 3. The first-order valence-electron chi connectivity index (χ1n) is 15.2. The summed E-state index contributed by atoms with van der Waals surface area (Å²) in [7, 11) is 1.70. The zero-order valence-corrected chi connectivity index (χ0v) is 25.8. The van der Waals surface area contributed by atoms with Crippen LogP contribution in [0.15, 0.2) is 96.1 Å². The third-order valence-electron chi connectivity index (χ3n) is 9.78. The van der Waals surface area contributed by atoms with Gasteiger partial charge in [0.15, 0.2) is 5.60 Å². The molecule has 0 aromatic heterocycles. The summed E-state index contributed by atoms with van der Waals surface area (Å²) in [6.45, 7) is 11.4. The Hall–Kier alpha value is -4.55. The van der Waals surface area contributed by atoms with Gasteiger partial charge in [-0.25, -0.2) is 0 Å². The van der Waals surface area contributed by atoms with Crippen molar-refractivity contribution in [3.05, 3.63) is 124 Å². The SMILES string of the molecule is COc1ccc(C2(C3=CC=C(C(C)(C)C)CC3)C=Cc3c4c(c5ccccc5c3O2)-c2ccc(C#N)cc2C4(C)C)cc1. The molecule has 1 aliphatic heterocycles. The van der Waals surface area contributed by atoms with Crippen molar-refractivity contribution in [1.82, 2.24) is 0 Å². The standard InChI is InChI=1S/C40H37NO2/c1-38(2,3)26-12-14-27(15-13-26)40(28-16-18-29(42-6)19-17-28)22-21-33-36-35(30-9-7-8-10-31(30)37(33)43-40)32-20-11-25(24-41)23-34(32)39(36,4)5/h7-12,14,16-23H,13,15H2,1-6H3. The van der Waals surface area contributed by atoms with Gasteiger partial charge in [0.05, 0.1) is 18.7 Å². The van der Waals surface area contributed by atoms with Gasteiger partial charge in [-0.2, -0.15) is 5.26 Å². The topological polar surface area (TPSA) is 42.2 Å². The second-order valence-corrected chi connectivity index (χ2v) is 13.6. The van der Waals surface area contributed by atoms with Gasteiger partial charge in [0.2, 0.25) is 0 Å². The van der Waals surface area contributed by atoms with E-state index in [1.807, 2.05) is 18.2 Å². The lowest BCUT2D eigenvalue weighted by Gasteiger charge is -2.41. The molecule has 0 spiro atoms. The van der Waals surface area contributed by atoms with Gasteiger partial charge in [-0.05, 0) is 81.8 Å². The first kappa shape index (κ1) is 27.3. The van der Waals surface area contributed by atoms with Crippen LogP contribution in [-0.4, -0.2) is 7.11 Å². The molecule has 0 bridgehead atoms. The van der Waals surface area contributed by atoms with Gasteiger partial charge in [0.1, 0.15) is 11.5 Å². The van der Waals surface area contributed by atoms with E-state index in [9.17, 15) is 5.26 Å². The average molecular weight is 564 g/mol. The van der Waals surface area contributed by atoms with Gasteiger partial charge in [-0.3, -0.25) is 0 Å². The van der Waals surface area contributed by atoms with Crippen molar-refractivity contribution in [2.24, 2.45) is 5.41 Å². The minimum Gasteiger partial charge on any atom is -0.497 e. The second kappa shape index (κ2) is 9.48. The van der Waals surface area contributed by atoms with Crippen molar-refractivity contribution < 1.29 is 9.47 Å². The molecule has 2 aliphatic carbocycles. The van der Waals surface area contributed by atoms with Crippen LogP contribution in [0.2, 0.25) is 0 Å². The van der Waals surface area contributed by atoms with Gasteiger partial charge in [-0.15, -0.1) is 0 Å². The highest BCUT2D eigenvalue weighted by atomic mass is 16.5. The smallest absolute Gasteiger partial charge is 0.174 e. The van der Waals surface area contributed by atoms with Crippen LogP contribution in [0.5, 0.6) is 11.5 Å². The first-order chi connectivity index (χ1) is 20.6. The summed E-state index contributed by atoms with van der Waals surface area (Å²) in [5, 5.41) is 12.0. The number of fused-ring (bicyclic) bond motifs is 8. The van der Waals surface area contributed by atoms with E-state index in [4.69, 9.17) is 9.47 Å². The summed E-state index contributed by atoms with van der Waals surface area (Å²) in [6, 6.07) is 25.4. The summed E-state index contributed by atoms with van der Waals surface area (Å²) in [5.74, 6) is 1.74. The lowest BCUT2D eigenvalue weighted by Crippen LogP contribution is -2.36. The van der Waals surface area contributed by atoms with E-state index in [1.165, 1.54) is 38.8 Å². The average Bonchev–Trinajstić information content (AvgIpc) is 3.26. The number of rotatable bonds is 3. The molecular weight excluding hydrogens is 526 g/mol. The molecule has 3 heteroatoms. The molecule has 1 atom stereocenters. The number of ether oxygens (including phenoxy) is 2. The number of benzene rings is 4. The van der Waals surface area contributed by atoms with Gasteiger partial charge >= 0.3 is 0 Å². The molecule has 0 saturated carbocycles. The normalized spacial score (nSPS) is 19.8. The van der Waals surface area contributed by atoms with Crippen LogP contribution in [0.25, 0.3) is 28.0 Å². The Morgan fingerprint density at radius 2 is 1.65 bits per heavy atom. The quantitative estimate of drug-likeness (QED) is 0.249. The Kier molecular flexibility index (Phi) is 6.02. The third kappa shape index (κ3) is 4.00. The van der Waals surface area contributed by atoms with Crippen LogP contribution >= 0.6 is 0 Å². The molecule has 4 aromatic carbocycles. The fourth-order valence-corrected chi connectivity index (χ4v) is 7.43. The molecule has 43 heavy (non-hydrogen) atoms. The minimum absolute atomic E-state index is 0.133. The number of nitriles is 1. The first-order valence-corrected chi connectivity index (χ1v) is 15.2. The zero-order valence-electron chi connectivity index (χ0n) is 25.8. The maximum absolute atomic E-state index is 9.70. The lowest BCUT2D eigenvalue weighted by molar-refractivity contribution is 0.153. The number of methoxy groups -OCH3 is 1. The largest absolute Gasteiger partial charge is 0.497 e. The zero-order chi connectivity index (χ0) is 30.1. The third-order valence-corrected chi connectivity index (χ3v) is 9.78. The Labute approximate surface area is 254 Å².